The molecular weight excluding hydrogens is 373 g/mol. The van der Waals surface area contributed by atoms with Gasteiger partial charge in [0, 0.05) is 16.2 Å². The quantitative estimate of drug-likeness (QED) is 0.729. The highest BCUT2D eigenvalue weighted by atomic mass is 127. The average Bonchev–Trinajstić information content (AvgIpc) is 2.45. The van der Waals surface area contributed by atoms with Crippen molar-refractivity contribution in [3.8, 4) is 5.75 Å². The number of benzene rings is 1. The van der Waals surface area contributed by atoms with Crippen LogP contribution in [-0.4, -0.2) is 41.9 Å². The molecular formula is C14H20INO2S. The molecule has 0 radical (unpaired) electrons. The molecule has 1 unspecified atom stereocenters. The van der Waals surface area contributed by atoms with Crippen LogP contribution in [-0.2, 0) is 0 Å². The molecule has 0 spiro atoms. The molecule has 0 aliphatic carbocycles. The van der Waals surface area contributed by atoms with E-state index in [1.165, 1.54) is 27.9 Å². The summed E-state index contributed by atoms with van der Waals surface area (Å²) in [6, 6.07) is 8.43. The highest BCUT2D eigenvalue weighted by Gasteiger charge is 2.14. The van der Waals surface area contributed by atoms with Crippen molar-refractivity contribution in [2.45, 2.75) is 25.0 Å². The molecule has 1 fully saturated rings. The fraction of sp³-hybridized carbons (Fsp3) is 0.571. The largest absolute Gasteiger partial charge is 0.491 e. The summed E-state index contributed by atoms with van der Waals surface area (Å²) in [6.45, 7) is 0.953. The lowest BCUT2D eigenvalue weighted by atomic mass is 10.1. The van der Waals surface area contributed by atoms with E-state index in [1.807, 2.05) is 36.0 Å². The number of aliphatic hydroxyl groups is 1. The number of aliphatic hydroxyl groups excluding tert-OH is 1. The SMILES string of the molecule is OC(CNC1CCSCC1)COc1ccc(I)cc1. The van der Waals surface area contributed by atoms with Crippen LogP contribution in [0, 0.1) is 3.57 Å². The van der Waals surface area contributed by atoms with E-state index in [9.17, 15) is 5.11 Å². The van der Waals surface area contributed by atoms with Crippen LogP contribution in [0.1, 0.15) is 12.8 Å². The summed E-state index contributed by atoms with van der Waals surface area (Å²) in [7, 11) is 0. The van der Waals surface area contributed by atoms with Crippen LogP contribution >= 0.6 is 34.4 Å². The molecule has 1 aromatic rings. The molecule has 0 bridgehead atoms. The Balaban J connectivity index is 1.63. The maximum absolute atomic E-state index is 9.90. The number of ether oxygens (including phenoxy) is 1. The minimum Gasteiger partial charge on any atom is -0.491 e. The Morgan fingerprint density at radius 1 is 1.32 bits per heavy atom. The molecule has 106 valence electrons. The molecule has 5 heteroatoms. The van der Waals surface area contributed by atoms with Crippen LogP contribution in [0.4, 0.5) is 0 Å². The van der Waals surface area contributed by atoms with Crippen LogP contribution in [0.25, 0.3) is 0 Å². The van der Waals surface area contributed by atoms with Crippen molar-refractivity contribution in [3.05, 3.63) is 27.8 Å². The fourth-order valence-electron chi connectivity index (χ4n) is 1.99. The van der Waals surface area contributed by atoms with Gasteiger partial charge < -0.3 is 15.2 Å². The number of nitrogens with one attached hydrogen (secondary N) is 1. The number of thioether (sulfide) groups is 1. The Hall–Kier alpha value is 0.0200. The third-order valence-corrected chi connectivity index (χ3v) is 4.89. The van der Waals surface area contributed by atoms with Crippen LogP contribution < -0.4 is 10.1 Å². The predicted molar refractivity (Wildman–Crippen MR) is 89.0 cm³/mol. The summed E-state index contributed by atoms with van der Waals surface area (Å²) in [5.74, 6) is 3.27. The van der Waals surface area contributed by atoms with Crippen molar-refractivity contribution < 1.29 is 9.84 Å². The maximum Gasteiger partial charge on any atom is 0.119 e. The molecule has 0 saturated carbocycles. The summed E-state index contributed by atoms with van der Waals surface area (Å²) in [5, 5.41) is 13.3. The third-order valence-electron chi connectivity index (χ3n) is 3.12. The molecule has 1 heterocycles. The van der Waals surface area contributed by atoms with Gasteiger partial charge >= 0.3 is 0 Å². The lowest BCUT2D eigenvalue weighted by Crippen LogP contribution is -2.39. The molecule has 1 aliphatic rings. The Morgan fingerprint density at radius 3 is 2.68 bits per heavy atom. The second kappa shape index (κ2) is 8.34. The van der Waals surface area contributed by atoms with Crippen LogP contribution in [0.3, 0.4) is 0 Å². The van der Waals surface area contributed by atoms with E-state index >= 15 is 0 Å². The Labute approximate surface area is 132 Å². The first-order chi connectivity index (χ1) is 9.24. The van der Waals surface area contributed by atoms with Crippen molar-refractivity contribution in [1.82, 2.24) is 5.32 Å². The molecule has 19 heavy (non-hydrogen) atoms. The van der Waals surface area contributed by atoms with E-state index in [4.69, 9.17) is 4.74 Å². The highest BCUT2D eigenvalue weighted by molar-refractivity contribution is 14.1. The molecule has 0 amide bonds. The van der Waals surface area contributed by atoms with E-state index < -0.39 is 6.10 Å². The van der Waals surface area contributed by atoms with Crippen LogP contribution in [0.5, 0.6) is 5.75 Å². The molecule has 1 atom stereocenters. The van der Waals surface area contributed by atoms with Gasteiger partial charge in [-0.2, -0.15) is 11.8 Å². The average molecular weight is 393 g/mol. The van der Waals surface area contributed by atoms with Crippen molar-refractivity contribution in [1.29, 1.82) is 0 Å². The van der Waals surface area contributed by atoms with E-state index in [-0.39, 0.29) is 0 Å². The van der Waals surface area contributed by atoms with Crippen molar-refractivity contribution in [2.75, 3.05) is 24.7 Å². The first-order valence-corrected chi connectivity index (χ1v) is 8.85. The van der Waals surface area contributed by atoms with E-state index in [0.717, 1.165) is 5.75 Å². The van der Waals surface area contributed by atoms with Crippen LogP contribution in [0.2, 0.25) is 0 Å². The zero-order valence-corrected chi connectivity index (χ0v) is 13.8. The summed E-state index contributed by atoms with van der Waals surface area (Å²) in [4.78, 5) is 0. The van der Waals surface area contributed by atoms with Gasteiger partial charge in [-0.15, -0.1) is 0 Å². The monoisotopic (exact) mass is 393 g/mol. The lowest BCUT2D eigenvalue weighted by Gasteiger charge is -2.24. The van der Waals surface area contributed by atoms with Gasteiger partial charge in [0.15, 0.2) is 0 Å². The molecule has 1 aromatic carbocycles. The van der Waals surface area contributed by atoms with Crippen LogP contribution in [0.15, 0.2) is 24.3 Å². The van der Waals surface area contributed by atoms with Gasteiger partial charge in [0.05, 0.1) is 0 Å². The first kappa shape index (κ1) is 15.4. The van der Waals surface area contributed by atoms with E-state index in [2.05, 4.69) is 27.9 Å². The van der Waals surface area contributed by atoms with Gasteiger partial charge in [0.2, 0.25) is 0 Å². The normalized spacial score (nSPS) is 18.2. The van der Waals surface area contributed by atoms with Crippen molar-refractivity contribution >= 4 is 34.4 Å². The number of hydrogen-bond acceptors (Lipinski definition) is 4. The van der Waals surface area contributed by atoms with Gasteiger partial charge in [0.25, 0.3) is 0 Å². The molecule has 0 aromatic heterocycles. The second-order valence-corrected chi connectivity index (χ2v) is 7.18. The minimum atomic E-state index is -0.450. The van der Waals surface area contributed by atoms with Gasteiger partial charge in [-0.3, -0.25) is 0 Å². The molecule has 1 saturated heterocycles. The number of halogens is 1. The van der Waals surface area contributed by atoms with Crippen molar-refractivity contribution in [3.63, 3.8) is 0 Å². The summed E-state index contributed by atoms with van der Waals surface area (Å²) < 4.78 is 6.75. The van der Waals surface area contributed by atoms with Gasteiger partial charge in [-0.25, -0.2) is 0 Å². The van der Waals surface area contributed by atoms with Gasteiger partial charge in [-0.1, -0.05) is 0 Å². The zero-order chi connectivity index (χ0) is 13.5. The third kappa shape index (κ3) is 5.89. The maximum atomic E-state index is 9.90. The standard InChI is InChI=1S/C14H20INO2S/c15-11-1-3-14(4-2-11)18-10-13(17)9-16-12-5-7-19-8-6-12/h1-4,12-13,16-17H,5-10H2. The molecule has 1 aliphatic heterocycles. The van der Waals surface area contributed by atoms with E-state index in [1.54, 1.807) is 0 Å². The molecule has 2 rings (SSSR count). The lowest BCUT2D eigenvalue weighted by molar-refractivity contribution is 0.103. The zero-order valence-electron chi connectivity index (χ0n) is 10.8. The van der Waals surface area contributed by atoms with E-state index in [0.29, 0.717) is 19.2 Å². The summed E-state index contributed by atoms with van der Waals surface area (Å²) in [6.07, 6.45) is 1.96. The minimum absolute atomic E-state index is 0.342. The van der Waals surface area contributed by atoms with Gasteiger partial charge in [-0.05, 0) is 71.2 Å². The Bertz CT molecular complexity index is 368. The molecule has 3 nitrogen and oxygen atoms in total. The van der Waals surface area contributed by atoms with Gasteiger partial charge in [0.1, 0.15) is 18.5 Å². The summed E-state index contributed by atoms with van der Waals surface area (Å²) >= 11 is 4.27. The topological polar surface area (TPSA) is 41.5 Å². The molecule has 2 N–H and O–H groups in total. The number of hydrogen-bond donors (Lipinski definition) is 2. The predicted octanol–water partition coefficient (Wildman–Crippen LogP) is 2.52. The fourth-order valence-corrected chi connectivity index (χ4v) is 3.45. The highest BCUT2D eigenvalue weighted by Crippen LogP contribution is 2.17. The first-order valence-electron chi connectivity index (χ1n) is 6.61. The number of rotatable bonds is 6. The van der Waals surface area contributed by atoms with Crippen molar-refractivity contribution in [2.24, 2.45) is 0 Å². The second-order valence-electron chi connectivity index (χ2n) is 4.71. The summed E-state index contributed by atoms with van der Waals surface area (Å²) in [5.41, 5.74) is 0. The smallest absolute Gasteiger partial charge is 0.119 e. The Morgan fingerprint density at radius 2 is 2.00 bits per heavy atom. The Kier molecular flexibility index (Phi) is 6.76.